The minimum Gasteiger partial charge on any atom is -0.489 e. The van der Waals surface area contributed by atoms with Crippen molar-refractivity contribution in [2.75, 3.05) is 33.4 Å². The molecular formula is C13H18FNO6. The molecule has 0 unspecified atom stereocenters. The molecule has 0 saturated carbocycles. The SMILES string of the molecule is COCCNCCOc1ccccc1F.O=C(O)C(=O)O. The molecule has 0 fully saturated rings. The van der Waals surface area contributed by atoms with Crippen LogP contribution in [0.2, 0.25) is 0 Å². The molecule has 118 valence electrons. The van der Waals surface area contributed by atoms with Crippen molar-refractivity contribution < 1.29 is 33.7 Å². The minimum atomic E-state index is -1.82. The van der Waals surface area contributed by atoms with Crippen molar-refractivity contribution in [3.05, 3.63) is 30.1 Å². The summed E-state index contributed by atoms with van der Waals surface area (Å²) >= 11 is 0. The second-order valence-electron chi connectivity index (χ2n) is 3.63. The van der Waals surface area contributed by atoms with Gasteiger partial charge >= 0.3 is 11.9 Å². The second kappa shape index (κ2) is 11.6. The van der Waals surface area contributed by atoms with Gasteiger partial charge in [-0.2, -0.15) is 0 Å². The van der Waals surface area contributed by atoms with Crippen molar-refractivity contribution in [3.8, 4) is 5.75 Å². The number of para-hydroxylation sites is 1. The molecule has 1 aromatic rings. The Labute approximate surface area is 121 Å². The van der Waals surface area contributed by atoms with Crippen LogP contribution in [0.25, 0.3) is 0 Å². The first-order chi connectivity index (χ1) is 9.99. The molecular weight excluding hydrogens is 285 g/mol. The molecule has 0 heterocycles. The number of halogens is 1. The lowest BCUT2D eigenvalue weighted by atomic mass is 10.3. The number of methoxy groups -OCH3 is 1. The first-order valence-electron chi connectivity index (χ1n) is 6.02. The molecule has 0 spiro atoms. The average Bonchev–Trinajstić information content (AvgIpc) is 2.45. The highest BCUT2D eigenvalue weighted by Crippen LogP contribution is 2.14. The van der Waals surface area contributed by atoms with E-state index in [1.807, 2.05) is 0 Å². The summed E-state index contributed by atoms with van der Waals surface area (Å²) in [7, 11) is 1.65. The summed E-state index contributed by atoms with van der Waals surface area (Å²) in [5, 5.41) is 17.9. The fourth-order valence-corrected chi connectivity index (χ4v) is 1.09. The Morgan fingerprint density at radius 3 is 2.24 bits per heavy atom. The molecule has 0 atom stereocenters. The van der Waals surface area contributed by atoms with E-state index in [0.717, 1.165) is 6.54 Å². The first kappa shape index (κ1) is 18.8. The summed E-state index contributed by atoms with van der Waals surface area (Å²) in [4.78, 5) is 18.2. The van der Waals surface area contributed by atoms with Crippen molar-refractivity contribution in [1.82, 2.24) is 5.32 Å². The molecule has 1 rings (SSSR count). The van der Waals surface area contributed by atoms with E-state index in [0.29, 0.717) is 25.5 Å². The summed E-state index contributed by atoms with van der Waals surface area (Å²) < 4.78 is 23.2. The maximum Gasteiger partial charge on any atom is 0.414 e. The summed E-state index contributed by atoms with van der Waals surface area (Å²) in [6, 6.07) is 6.38. The van der Waals surface area contributed by atoms with Crippen LogP contribution in [0.3, 0.4) is 0 Å². The predicted octanol–water partition coefficient (Wildman–Crippen LogP) is 0.596. The maximum absolute atomic E-state index is 13.1. The van der Waals surface area contributed by atoms with Crippen LogP contribution in [0.1, 0.15) is 0 Å². The highest BCUT2D eigenvalue weighted by molar-refractivity contribution is 6.27. The van der Waals surface area contributed by atoms with Gasteiger partial charge in [0.2, 0.25) is 0 Å². The lowest BCUT2D eigenvalue weighted by molar-refractivity contribution is -0.159. The fraction of sp³-hybridized carbons (Fsp3) is 0.385. The Hall–Kier alpha value is -2.19. The molecule has 7 nitrogen and oxygen atoms in total. The molecule has 0 aliphatic carbocycles. The van der Waals surface area contributed by atoms with Crippen LogP contribution in [0.4, 0.5) is 4.39 Å². The lowest BCUT2D eigenvalue weighted by Gasteiger charge is -2.07. The number of carboxylic acids is 2. The average molecular weight is 303 g/mol. The molecule has 0 aliphatic heterocycles. The Bertz CT molecular complexity index is 428. The van der Waals surface area contributed by atoms with E-state index in [1.165, 1.54) is 6.07 Å². The molecule has 0 aromatic heterocycles. The lowest BCUT2D eigenvalue weighted by Crippen LogP contribution is -2.24. The van der Waals surface area contributed by atoms with Gasteiger partial charge in [0.15, 0.2) is 11.6 Å². The highest BCUT2D eigenvalue weighted by Gasteiger charge is 2.04. The van der Waals surface area contributed by atoms with Gasteiger partial charge < -0.3 is 25.0 Å². The van der Waals surface area contributed by atoms with Gasteiger partial charge in [-0.1, -0.05) is 12.1 Å². The smallest absolute Gasteiger partial charge is 0.414 e. The molecule has 1 aromatic carbocycles. The Kier molecular flexibility index (Phi) is 10.4. The predicted molar refractivity (Wildman–Crippen MR) is 71.9 cm³/mol. The van der Waals surface area contributed by atoms with E-state index in [1.54, 1.807) is 25.3 Å². The Morgan fingerprint density at radius 1 is 1.14 bits per heavy atom. The summed E-state index contributed by atoms with van der Waals surface area (Å²) in [6.45, 7) is 2.57. The van der Waals surface area contributed by atoms with Crippen molar-refractivity contribution in [3.63, 3.8) is 0 Å². The van der Waals surface area contributed by atoms with Crippen LogP contribution in [0, 0.1) is 5.82 Å². The zero-order valence-corrected chi connectivity index (χ0v) is 11.5. The summed E-state index contributed by atoms with van der Waals surface area (Å²) in [5.74, 6) is -3.68. The monoisotopic (exact) mass is 303 g/mol. The van der Waals surface area contributed by atoms with Gasteiger partial charge in [-0.15, -0.1) is 0 Å². The maximum atomic E-state index is 13.1. The van der Waals surface area contributed by atoms with E-state index in [9.17, 15) is 4.39 Å². The van der Waals surface area contributed by atoms with Gasteiger partial charge in [0.1, 0.15) is 6.61 Å². The van der Waals surface area contributed by atoms with Crippen molar-refractivity contribution in [2.24, 2.45) is 0 Å². The van der Waals surface area contributed by atoms with Gasteiger partial charge in [0.25, 0.3) is 0 Å². The largest absolute Gasteiger partial charge is 0.489 e. The van der Waals surface area contributed by atoms with Crippen LogP contribution < -0.4 is 10.1 Å². The van der Waals surface area contributed by atoms with Gasteiger partial charge in [-0.3, -0.25) is 0 Å². The Balaban J connectivity index is 0.000000567. The topological polar surface area (TPSA) is 105 Å². The van der Waals surface area contributed by atoms with E-state index < -0.39 is 11.9 Å². The van der Waals surface area contributed by atoms with E-state index in [2.05, 4.69) is 5.32 Å². The van der Waals surface area contributed by atoms with Gasteiger partial charge in [0.05, 0.1) is 6.61 Å². The van der Waals surface area contributed by atoms with E-state index in [-0.39, 0.29) is 5.82 Å². The number of ether oxygens (including phenoxy) is 2. The molecule has 0 amide bonds. The fourth-order valence-electron chi connectivity index (χ4n) is 1.09. The van der Waals surface area contributed by atoms with Crippen molar-refractivity contribution in [2.45, 2.75) is 0 Å². The zero-order chi connectivity index (χ0) is 16.1. The van der Waals surface area contributed by atoms with Gasteiger partial charge in [-0.05, 0) is 12.1 Å². The number of aliphatic carboxylic acids is 2. The molecule has 21 heavy (non-hydrogen) atoms. The van der Waals surface area contributed by atoms with Crippen LogP contribution in [0.15, 0.2) is 24.3 Å². The number of nitrogens with one attached hydrogen (secondary N) is 1. The second-order valence-corrected chi connectivity index (χ2v) is 3.63. The van der Waals surface area contributed by atoms with Crippen LogP contribution in [-0.2, 0) is 14.3 Å². The van der Waals surface area contributed by atoms with Crippen LogP contribution in [0.5, 0.6) is 5.75 Å². The number of hydrogen-bond donors (Lipinski definition) is 3. The molecule has 8 heteroatoms. The van der Waals surface area contributed by atoms with Gasteiger partial charge in [-0.25, -0.2) is 14.0 Å². The molecule has 3 N–H and O–H groups in total. The summed E-state index contributed by atoms with van der Waals surface area (Å²) in [5.41, 5.74) is 0. The standard InChI is InChI=1S/C11H16FNO2.C2H2O4/c1-14-8-6-13-7-9-15-11-5-3-2-4-10(11)12;3-1(4)2(5)6/h2-5,13H,6-9H2,1H3;(H,3,4)(H,5,6). The summed E-state index contributed by atoms with van der Waals surface area (Å²) in [6.07, 6.45) is 0. The zero-order valence-electron chi connectivity index (χ0n) is 11.5. The molecule has 0 saturated heterocycles. The number of carboxylic acid groups (broad SMARTS) is 2. The van der Waals surface area contributed by atoms with Crippen LogP contribution >= 0.6 is 0 Å². The number of carbonyl (C=O) groups is 2. The van der Waals surface area contributed by atoms with E-state index >= 15 is 0 Å². The van der Waals surface area contributed by atoms with Crippen molar-refractivity contribution in [1.29, 1.82) is 0 Å². The number of rotatable bonds is 7. The van der Waals surface area contributed by atoms with Crippen LogP contribution in [-0.4, -0.2) is 55.6 Å². The molecule has 0 aliphatic rings. The third-order valence-corrected chi connectivity index (χ3v) is 2.04. The third-order valence-electron chi connectivity index (χ3n) is 2.04. The molecule has 0 bridgehead atoms. The number of benzene rings is 1. The third kappa shape index (κ3) is 10.3. The normalized spacial score (nSPS) is 9.43. The van der Waals surface area contributed by atoms with Crippen molar-refractivity contribution >= 4 is 11.9 Å². The van der Waals surface area contributed by atoms with E-state index in [4.69, 9.17) is 29.3 Å². The number of hydrogen-bond acceptors (Lipinski definition) is 5. The van der Waals surface area contributed by atoms with Gasteiger partial charge in [0, 0.05) is 20.2 Å². The first-order valence-corrected chi connectivity index (χ1v) is 6.02. The quantitative estimate of drug-likeness (QED) is 0.500. The highest BCUT2D eigenvalue weighted by atomic mass is 19.1. The Morgan fingerprint density at radius 2 is 1.71 bits per heavy atom. The minimum absolute atomic E-state index is 0.297. The molecule has 0 radical (unpaired) electrons.